The van der Waals surface area contributed by atoms with Gasteiger partial charge in [0.25, 0.3) is 0 Å². The number of hydrogen-bond donors (Lipinski definition) is 0. The second-order valence-corrected chi connectivity index (χ2v) is 5.06. The van der Waals surface area contributed by atoms with Gasteiger partial charge in [-0.25, -0.2) is 4.99 Å². The Kier molecular flexibility index (Phi) is 5.88. The first-order valence-electron chi connectivity index (χ1n) is 6.08. The monoisotopic (exact) mass is 286 g/mol. The van der Waals surface area contributed by atoms with Crippen LogP contribution >= 0.6 is 12.2 Å². The number of aliphatic imine (C=N–C) groups is 1. The van der Waals surface area contributed by atoms with Crippen molar-refractivity contribution in [3.8, 4) is 6.07 Å². The fourth-order valence-electron chi connectivity index (χ4n) is 1.41. The van der Waals surface area contributed by atoms with E-state index < -0.39 is 0 Å². The molecule has 0 amide bonds. The average Bonchev–Trinajstić information content (AvgIpc) is 2.42. The molecule has 0 saturated heterocycles. The van der Waals surface area contributed by atoms with E-state index in [0.717, 1.165) is 11.3 Å². The predicted octanol–water partition coefficient (Wildman–Crippen LogP) is 2.58. The molecule has 20 heavy (non-hydrogen) atoms. The SMILES string of the molecule is CN(C)C=NC(=S)C(C#N)=Cc1ccc(N(C)C)cc1. The molecule has 0 aliphatic rings. The minimum absolute atomic E-state index is 0.290. The Bertz CT molecular complexity index is 563. The lowest BCUT2D eigenvalue weighted by molar-refractivity contribution is 0.644. The second kappa shape index (κ2) is 7.41. The van der Waals surface area contributed by atoms with Gasteiger partial charge in [0.05, 0.1) is 11.9 Å². The molecule has 0 unspecified atom stereocenters. The van der Waals surface area contributed by atoms with Crippen LogP contribution in [0.3, 0.4) is 0 Å². The van der Waals surface area contributed by atoms with Gasteiger partial charge in [-0.05, 0) is 23.8 Å². The van der Waals surface area contributed by atoms with E-state index in [1.165, 1.54) is 0 Å². The number of nitriles is 1. The fraction of sp³-hybridized carbons (Fsp3) is 0.267. The lowest BCUT2D eigenvalue weighted by Crippen LogP contribution is -2.09. The van der Waals surface area contributed by atoms with Crippen LogP contribution in [0.1, 0.15) is 5.56 Å². The fourth-order valence-corrected chi connectivity index (χ4v) is 1.57. The van der Waals surface area contributed by atoms with E-state index in [-0.39, 0.29) is 4.99 Å². The molecule has 0 aliphatic carbocycles. The van der Waals surface area contributed by atoms with E-state index in [9.17, 15) is 0 Å². The molecule has 0 N–H and O–H groups in total. The zero-order chi connectivity index (χ0) is 15.1. The molecule has 0 spiro atoms. The Balaban J connectivity index is 2.95. The summed E-state index contributed by atoms with van der Waals surface area (Å²) in [5.41, 5.74) is 2.42. The molecule has 0 bridgehead atoms. The van der Waals surface area contributed by atoms with Gasteiger partial charge in [0, 0.05) is 33.9 Å². The highest BCUT2D eigenvalue weighted by Gasteiger charge is 2.03. The van der Waals surface area contributed by atoms with Crippen LogP contribution in [0.15, 0.2) is 34.8 Å². The van der Waals surface area contributed by atoms with Crippen LogP contribution in [0.2, 0.25) is 0 Å². The average molecular weight is 286 g/mol. The Morgan fingerprint density at radius 3 is 2.25 bits per heavy atom. The van der Waals surface area contributed by atoms with Gasteiger partial charge in [0.2, 0.25) is 0 Å². The zero-order valence-electron chi connectivity index (χ0n) is 12.2. The highest BCUT2D eigenvalue weighted by molar-refractivity contribution is 7.80. The molecule has 0 aliphatic heterocycles. The summed E-state index contributed by atoms with van der Waals surface area (Å²) in [5.74, 6) is 0. The summed E-state index contributed by atoms with van der Waals surface area (Å²) in [6, 6.07) is 9.97. The van der Waals surface area contributed by atoms with Crippen molar-refractivity contribution in [2.45, 2.75) is 0 Å². The van der Waals surface area contributed by atoms with Crippen molar-refractivity contribution in [1.29, 1.82) is 5.26 Å². The highest BCUT2D eigenvalue weighted by Crippen LogP contribution is 2.15. The predicted molar refractivity (Wildman–Crippen MR) is 89.1 cm³/mol. The van der Waals surface area contributed by atoms with Crippen molar-refractivity contribution in [2.24, 2.45) is 4.99 Å². The summed E-state index contributed by atoms with van der Waals surface area (Å²) in [4.78, 5) is 8.15. The van der Waals surface area contributed by atoms with Crippen LogP contribution in [0.5, 0.6) is 0 Å². The molecule has 1 aromatic rings. The number of thiocarbonyl (C=S) groups is 1. The number of hydrogen-bond acceptors (Lipinski definition) is 3. The van der Waals surface area contributed by atoms with Crippen LogP contribution in [-0.2, 0) is 0 Å². The quantitative estimate of drug-likeness (QED) is 0.280. The molecular weight excluding hydrogens is 268 g/mol. The summed E-state index contributed by atoms with van der Waals surface area (Å²) < 4.78 is 0. The van der Waals surface area contributed by atoms with Gasteiger partial charge in [-0.1, -0.05) is 24.4 Å². The standard InChI is InChI=1S/C15H18N4S/c1-18(2)11-17-15(20)13(10-16)9-12-5-7-14(8-6-12)19(3)4/h5-9,11H,1-4H3. The van der Waals surface area contributed by atoms with Gasteiger partial charge >= 0.3 is 0 Å². The third-order valence-corrected chi connectivity index (χ3v) is 2.80. The van der Waals surface area contributed by atoms with Gasteiger partial charge in [-0.15, -0.1) is 0 Å². The van der Waals surface area contributed by atoms with E-state index in [0.29, 0.717) is 5.57 Å². The number of nitrogens with zero attached hydrogens (tertiary/aromatic N) is 4. The van der Waals surface area contributed by atoms with Gasteiger partial charge in [-0.3, -0.25) is 0 Å². The minimum Gasteiger partial charge on any atom is -0.378 e. The van der Waals surface area contributed by atoms with Crippen molar-refractivity contribution >= 4 is 35.3 Å². The van der Waals surface area contributed by atoms with Crippen LogP contribution < -0.4 is 4.90 Å². The molecule has 0 heterocycles. The Hall–Kier alpha value is -2.19. The van der Waals surface area contributed by atoms with Crippen LogP contribution in [-0.4, -0.2) is 44.4 Å². The van der Waals surface area contributed by atoms with Gasteiger partial charge < -0.3 is 9.80 Å². The molecular formula is C15H18N4S. The van der Waals surface area contributed by atoms with Gasteiger partial charge in [-0.2, -0.15) is 5.26 Å². The lowest BCUT2D eigenvalue weighted by atomic mass is 10.1. The van der Waals surface area contributed by atoms with Crippen LogP contribution in [0.4, 0.5) is 5.69 Å². The highest BCUT2D eigenvalue weighted by atomic mass is 32.1. The number of benzene rings is 1. The van der Waals surface area contributed by atoms with Gasteiger partial charge in [0.15, 0.2) is 0 Å². The Morgan fingerprint density at radius 2 is 1.80 bits per heavy atom. The minimum atomic E-state index is 0.290. The largest absolute Gasteiger partial charge is 0.378 e. The summed E-state index contributed by atoms with van der Waals surface area (Å²) in [7, 11) is 7.66. The third-order valence-electron chi connectivity index (χ3n) is 2.48. The van der Waals surface area contributed by atoms with E-state index in [4.69, 9.17) is 17.5 Å². The molecule has 5 heteroatoms. The molecule has 4 nitrogen and oxygen atoms in total. The summed E-state index contributed by atoms with van der Waals surface area (Å²) in [6.07, 6.45) is 3.33. The van der Waals surface area contributed by atoms with Crippen molar-refractivity contribution in [2.75, 3.05) is 33.1 Å². The molecule has 0 fully saturated rings. The maximum atomic E-state index is 9.16. The molecule has 1 rings (SSSR count). The third kappa shape index (κ3) is 4.82. The first-order chi connectivity index (χ1) is 9.43. The first-order valence-corrected chi connectivity index (χ1v) is 6.49. The smallest absolute Gasteiger partial charge is 0.145 e. The Morgan fingerprint density at radius 1 is 1.20 bits per heavy atom. The Labute approximate surface area is 125 Å². The van der Waals surface area contributed by atoms with Gasteiger partial charge in [0.1, 0.15) is 11.1 Å². The van der Waals surface area contributed by atoms with E-state index in [2.05, 4.69) is 11.1 Å². The zero-order valence-corrected chi connectivity index (χ0v) is 13.0. The van der Waals surface area contributed by atoms with Crippen LogP contribution in [0.25, 0.3) is 6.08 Å². The van der Waals surface area contributed by atoms with Crippen molar-refractivity contribution in [3.05, 3.63) is 35.4 Å². The molecule has 0 atom stereocenters. The lowest BCUT2D eigenvalue weighted by Gasteiger charge is -2.11. The van der Waals surface area contributed by atoms with E-state index in [1.54, 1.807) is 17.3 Å². The van der Waals surface area contributed by atoms with Crippen molar-refractivity contribution in [3.63, 3.8) is 0 Å². The van der Waals surface area contributed by atoms with E-state index in [1.807, 2.05) is 57.4 Å². The molecule has 1 aromatic carbocycles. The van der Waals surface area contributed by atoms with Crippen LogP contribution in [0, 0.1) is 11.3 Å². The van der Waals surface area contributed by atoms with Crippen molar-refractivity contribution in [1.82, 2.24) is 4.90 Å². The summed E-state index contributed by atoms with van der Waals surface area (Å²) in [6.45, 7) is 0. The number of anilines is 1. The summed E-state index contributed by atoms with van der Waals surface area (Å²) >= 11 is 5.14. The maximum Gasteiger partial charge on any atom is 0.145 e. The first kappa shape index (κ1) is 15.9. The normalized spacial score (nSPS) is 11.2. The number of rotatable bonds is 4. The maximum absolute atomic E-state index is 9.16. The van der Waals surface area contributed by atoms with Crippen molar-refractivity contribution < 1.29 is 0 Å². The van der Waals surface area contributed by atoms with E-state index >= 15 is 0 Å². The molecule has 0 aromatic heterocycles. The second-order valence-electron chi connectivity index (χ2n) is 4.67. The molecule has 104 valence electrons. The summed E-state index contributed by atoms with van der Waals surface area (Å²) in [5, 5.41) is 9.16. The molecule has 0 saturated carbocycles. The topological polar surface area (TPSA) is 42.6 Å². The molecule has 0 radical (unpaired) electrons.